The van der Waals surface area contributed by atoms with Crippen molar-refractivity contribution in [2.75, 3.05) is 13.2 Å². The van der Waals surface area contributed by atoms with E-state index in [-0.39, 0.29) is 18.1 Å². The first kappa shape index (κ1) is 13.4. The largest absolute Gasteiger partial charge is 0.463 e. The second kappa shape index (κ2) is 5.74. The van der Waals surface area contributed by atoms with Crippen molar-refractivity contribution in [1.29, 1.82) is 0 Å². The summed E-state index contributed by atoms with van der Waals surface area (Å²) in [7, 11) is 0. The molecular weight excluding hydrogens is 230 g/mol. The molecule has 4 nitrogen and oxygen atoms in total. The zero-order chi connectivity index (χ0) is 13.0. The Balaban J connectivity index is 2.06. The van der Waals surface area contributed by atoms with E-state index in [0.717, 1.165) is 44.2 Å². The first-order chi connectivity index (χ1) is 8.70. The first-order valence-electron chi connectivity index (χ1n) is 6.96. The van der Waals surface area contributed by atoms with Crippen molar-refractivity contribution in [3.05, 3.63) is 11.8 Å². The van der Waals surface area contributed by atoms with Gasteiger partial charge in [0.25, 0.3) is 0 Å². The van der Waals surface area contributed by atoms with E-state index in [1.54, 1.807) is 6.08 Å². The number of hydrogen-bond acceptors (Lipinski definition) is 4. The highest BCUT2D eigenvalue weighted by Gasteiger charge is 2.43. The summed E-state index contributed by atoms with van der Waals surface area (Å²) >= 11 is 0. The highest BCUT2D eigenvalue weighted by Crippen LogP contribution is 2.42. The summed E-state index contributed by atoms with van der Waals surface area (Å²) in [6.07, 6.45) is 7.99. The van der Waals surface area contributed by atoms with E-state index in [4.69, 9.17) is 4.74 Å². The fourth-order valence-electron chi connectivity index (χ4n) is 3.38. The minimum atomic E-state index is -0.268. The van der Waals surface area contributed by atoms with Crippen LogP contribution in [0.5, 0.6) is 0 Å². The van der Waals surface area contributed by atoms with Gasteiger partial charge < -0.3 is 15.2 Å². The average molecular weight is 253 g/mol. The summed E-state index contributed by atoms with van der Waals surface area (Å²) in [4.78, 5) is 11.5. The lowest BCUT2D eigenvalue weighted by molar-refractivity contribution is -0.137. The van der Waals surface area contributed by atoms with Crippen LogP contribution in [0, 0.1) is 5.92 Å². The predicted octanol–water partition coefficient (Wildman–Crippen LogP) is 1.74. The van der Waals surface area contributed by atoms with E-state index in [1.165, 1.54) is 0 Å². The molecular formula is C14H23NO3. The molecule has 0 unspecified atom stereocenters. The van der Waals surface area contributed by atoms with Gasteiger partial charge in [0, 0.05) is 29.8 Å². The summed E-state index contributed by atoms with van der Waals surface area (Å²) in [5.41, 5.74) is 0.991. The number of nitrogens with one attached hydrogen (secondary N) is 1. The number of aliphatic hydroxyl groups is 1. The van der Waals surface area contributed by atoms with Gasteiger partial charge in [-0.25, -0.2) is 4.79 Å². The van der Waals surface area contributed by atoms with Gasteiger partial charge in [0.15, 0.2) is 0 Å². The van der Waals surface area contributed by atoms with Gasteiger partial charge >= 0.3 is 5.97 Å². The second-order valence-electron chi connectivity index (χ2n) is 5.33. The van der Waals surface area contributed by atoms with Gasteiger partial charge in [0.2, 0.25) is 0 Å². The molecule has 0 aromatic carbocycles. The third-order valence-corrected chi connectivity index (χ3v) is 4.23. The maximum atomic E-state index is 11.5. The smallest absolute Gasteiger partial charge is 0.332 e. The SMILES string of the molecule is CCOC(=O)C=C1CCC[C@]2(CCC[C@@H]2CO)N1. The van der Waals surface area contributed by atoms with E-state index in [1.807, 2.05) is 6.92 Å². The molecule has 0 amide bonds. The molecule has 18 heavy (non-hydrogen) atoms. The van der Waals surface area contributed by atoms with E-state index in [2.05, 4.69) is 5.32 Å². The van der Waals surface area contributed by atoms with Crippen LogP contribution < -0.4 is 5.32 Å². The minimum absolute atomic E-state index is 0.0192. The van der Waals surface area contributed by atoms with E-state index >= 15 is 0 Å². The van der Waals surface area contributed by atoms with E-state index in [0.29, 0.717) is 12.5 Å². The molecule has 1 saturated carbocycles. The van der Waals surface area contributed by atoms with Gasteiger partial charge in [0.05, 0.1) is 6.61 Å². The highest BCUT2D eigenvalue weighted by molar-refractivity contribution is 5.82. The number of aliphatic hydroxyl groups excluding tert-OH is 1. The molecule has 102 valence electrons. The van der Waals surface area contributed by atoms with Gasteiger partial charge in [-0.1, -0.05) is 6.42 Å². The van der Waals surface area contributed by atoms with Crippen LogP contribution in [0.1, 0.15) is 45.4 Å². The van der Waals surface area contributed by atoms with Crippen LogP contribution in [0.3, 0.4) is 0 Å². The third kappa shape index (κ3) is 2.69. The molecule has 1 saturated heterocycles. The molecule has 2 aliphatic rings. The Morgan fingerprint density at radius 3 is 3.06 bits per heavy atom. The van der Waals surface area contributed by atoms with Gasteiger partial charge in [-0.3, -0.25) is 0 Å². The van der Waals surface area contributed by atoms with Crippen molar-refractivity contribution in [2.45, 2.75) is 51.0 Å². The Kier molecular flexibility index (Phi) is 4.27. The topological polar surface area (TPSA) is 58.6 Å². The zero-order valence-corrected chi connectivity index (χ0v) is 11.1. The van der Waals surface area contributed by atoms with Crippen LogP contribution >= 0.6 is 0 Å². The van der Waals surface area contributed by atoms with Gasteiger partial charge in [-0.05, 0) is 39.0 Å². The van der Waals surface area contributed by atoms with Crippen molar-refractivity contribution >= 4 is 5.97 Å². The van der Waals surface area contributed by atoms with Crippen LogP contribution in [0.2, 0.25) is 0 Å². The number of carbonyl (C=O) groups is 1. The summed E-state index contributed by atoms with van der Waals surface area (Å²) in [6.45, 7) is 2.46. The van der Waals surface area contributed by atoms with Gasteiger partial charge in [-0.2, -0.15) is 0 Å². The molecule has 4 heteroatoms. The monoisotopic (exact) mass is 253 g/mol. The normalized spacial score (nSPS) is 33.7. The van der Waals surface area contributed by atoms with Crippen LogP contribution in [0.15, 0.2) is 11.8 Å². The molecule has 2 rings (SSSR count). The lowest BCUT2D eigenvalue weighted by atomic mass is 9.79. The van der Waals surface area contributed by atoms with Crippen LogP contribution in [0.4, 0.5) is 0 Å². The Morgan fingerprint density at radius 2 is 2.33 bits per heavy atom. The molecule has 0 radical (unpaired) electrons. The second-order valence-corrected chi connectivity index (χ2v) is 5.33. The Hall–Kier alpha value is -1.03. The average Bonchev–Trinajstić information content (AvgIpc) is 2.71. The molecule has 1 aliphatic carbocycles. The van der Waals surface area contributed by atoms with Crippen LogP contribution in [-0.4, -0.2) is 29.8 Å². The molecule has 0 bridgehead atoms. The lowest BCUT2D eigenvalue weighted by Crippen LogP contribution is -2.51. The maximum Gasteiger partial charge on any atom is 0.332 e. The molecule has 1 aliphatic heterocycles. The standard InChI is InChI=1S/C14H23NO3/c1-2-18-13(17)9-12-6-4-8-14(15-12)7-3-5-11(14)10-16/h9,11,15-16H,2-8,10H2,1H3/t11-,14+/m1/s1. The predicted molar refractivity (Wildman–Crippen MR) is 68.9 cm³/mol. The Labute approximate surface area is 108 Å². The van der Waals surface area contributed by atoms with Crippen LogP contribution in [-0.2, 0) is 9.53 Å². The number of hydrogen-bond donors (Lipinski definition) is 2. The lowest BCUT2D eigenvalue weighted by Gasteiger charge is -2.41. The first-order valence-corrected chi connectivity index (χ1v) is 6.96. The zero-order valence-electron chi connectivity index (χ0n) is 11.1. The van der Waals surface area contributed by atoms with E-state index < -0.39 is 0 Å². The van der Waals surface area contributed by atoms with Gasteiger partial charge in [0.1, 0.15) is 0 Å². The number of carbonyl (C=O) groups excluding carboxylic acids is 1. The van der Waals surface area contributed by atoms with Gasteiger partial charge in [-0.15, -0.1) is 0 Å². The molecule has 1 heterocycles. The van der Waals surface area contributed by atoms with Crippen molar-refractivity contribution in [3.8, 4) is 0 Å². The molecule has 2 N–H and O–H groups in total. The molecule has 2 atom stereocenters. The summed E-state index contributed by atoms with van der Waals surface area (Å²) in [5, 5.41) is 13.0. The fraction of sp³-hybridized carbons (Fsp3) is 0.786. The Bertz CT molecular complexity index is 340. The fourth-order valence-corrected chi connectivity index (χ4v) is 3.38. The molecule has 0 aromatic heterocycles. The quantitative estimate of drug-likeness (QED) is 0.594. The number of allylic oxidation sites excluding steroid dienone is 1. The highest BCUT2D eigenvalue weighted by atomic mass is 16.5. The van der Waals surface area contributed by atoms with Crippen molar-refractivity contribution < 1.29 is 14.6 Å². The molecule has 2 fully saturated rings. The molecule has 1 spiro atoms. The summed E-state index contributed by atoms with van der Waals surface area (Å²) in [6, 6.07) is 0. The van der Waals surface area contributed by atoms with Crippen LogP contribution in [0.25, 0.3) is 0 Å². The third-order valence-electron chi connectivity index (χ3n) is 4.23. The Morgan fingerprint density at radius 1 is 1.56 bits per heavy atom. The number of ether oxygens (including phenoxy) is 1. The van der Waals surface area contributed by atoms with Crippen molar-refractivity contribution in [2.24, 2.45) is 5.92 Å². The maximum absolute atomic E-state index is 11.5. The van der Waals surface area contributed by atoms with Crippen molar-refractivity contribution in [1.82, 2.24) is 5.32 Å². The number of piperidine rings is 1. The molecule has 0 aromatic rings. The summed E-state index contributed by atoms with van der Waals surface area (Å²) < 4.78 is 4.94. The van der Waals surface area contributed by atoms with Crippen molar-refractivity contribution in [3.63, 3.8) is 0 Å². The number of esters is 1. The van der Waals surface area contributed by atoms with E-state index in [9.17, 15) is 9.90 Å². The minimum Gasteiger partial charge on any atom is -0.463 e. The number of rotatable bonds is 3. The summed E-state index contributed by atoms with van der Waals surface area (Å²) in [5.74, 6) is 0.0546.